The van der Waals surface area contributed by atoms with Gasteiger partial charge in [0, 0.05) is 17.7 Å². The fraction of sp³-hybridized carbons (Fsp3) is 0.278. The summed E-state index contributed by atoms with van der Waals surface area (Å²) in [6, 6.07) is 15.0. The Morgan fingerprint density at radius 3 is 2.59 bits per heavy atom. The highest BCUT2D eigenvalue weighted by Crippen LogP contribution is 2.20. The summed E-state index contributed by atoms with van der Waals surface area (Å²) in [5.74, 6) is -0.0836. The number of rotatable bonds is 6. The van der Waals surface area contributed by atoms with Crippen LogP contribution in [0.4, 0.5) is 0 Å². The second-order valence-corrected chi connectivity index (χ2v) is 5.56. The molecule has 1 unspecified atom stereocenters. The standard InChI is InChI=1S/C18H20ClNO2/c1-3-17(14-7-9-16(19)10-8-14)20-18(21)15-6-4-5-13(11-15)12-22-2/h4-11,17H,3,12H2,1-2H3,(H,20,21). The van der Waals surface area contributed by atoms with E-state index in [0.29, 0.717) is 17.2 Å². The first-order valence-corrected chi connectivity index (χ1v) is 7.66. The Labute approximate surface area is 136 Å². The lowest BCUT2D eigenvalue weighted by Crippen LogP contribution is -2.28. The molecule has 1 atom stereocenters. The number of amides is 1. The maximum Gasteiger partial charge on any atom is 0.251 e. The number of benzene rings is 2. The Kier molecular flexibility index (Phi) is 5.99. The molecule has 0 bridgehead atoms. The van der Waals surface area contributed by atoms with Gasteiger partial charge in [0.1, 0.15) is 0 Å². The van der Waals surface area contributed by atoms with Gasteiger partial charge in [-0.3, -0.25) is 4.79 Å². The molecule has 0 aliphatic carbocycles. The monoisotopic (exact) mass is 317 g/mol. The Morgan fingerprint density at radius 1 is 1.23 bits per heavy atom. The van der Waals surface area contributed by atoms with Crippen LogP contribution >= 0.6 is 11.6 Å². The topological polar surface area (TPSA) is 38.3 Å². The SMILES string of the molecule is CCC(NC(=O)c1cccc(COC)c1)c1ccc(Cl)cc1. The lowest BCUT2D eigenvalue weighted by Gasteiger charge is -2.18. The zero-order chi connectivity index (χ0) is 15.9. The third kappa shape index (κ3) is 4.33. The minimum Gasteiger partial charge on any atom is -0.380 e. The van der Waals surface area contributed by atoms with Gasteiger partial charge in [0.2, 0.25) is 0 Å². The Hall–Kier alpha value is -1.84. The van der Waals surface area contributed by atoms with Gasteiger partial charge in [-0.2, -0.15) is 0 Å². The van der Waals surface area contributed by atoms with Crippen LogP contribution in [0.15, 0.2) is 48.5 Å². The fourth-order valence-electron chi connectivity index (χ4n) is 2.33. The summed E-state index contributed by atoms with van der Waals surface area (Å²) < 4.78 is 5.10. The van der Waals surface area contributed by atoms with E-state index >= 15 is 0 Å². The third-order valence-electron chi connectivity index (χ3n) is 3.49. The van der Waals surface area contributed by atoms with Crippen molar-refractivity contribution >= 4 is 17.5 Å². The summed E-state index contributed by atoms with van der Waals surface area (Å²) in [6.07, 6.45) is 0.811. The molecule has 3 nitrogen and oxygen atoms in total. The first-order valence-electron chi connectivity index (χ1n) is 7.28. The molecule has 0 aromatic heterocycles. The summed E-state index contributed by atoms with van der Waals surface area (Å²) in [6.45, 7) is 2.54. The van der Waals surface area contributed by atoms with Crippen LogP contribution in [0, 0.1) is 0 Å². The largest absolute Gasteiger partial charge is 0.380 e. The number of carbonyl (C=O) groups is 1. The fourth-order valence-corrected chi connectivity index (χ4v) is 2.45. The highest BCUT2D eigenvalue weighted by Gasteiger charge is 2.14. The van der Waals surface area contributed by atoms with Gasteiger partial charge in [-0.1, -0.05) is 42.8 Å². The van der Waals surface area contributed by atoms with Gasteiger partial charge in [-0.15, -0.1) is 0 Å². The molecule has 0 radical (unpaired) electrons. The van der Waals surface area contributed by atoms with E-state index in [1.807, 2.05) is 55.5 Å². The second-order valence-electron chi connectivity index (χ2n) is 5.12. The van der Waals surface area contributed by atoms with E-state index in [2.05, 4.69) is 5.32 Å². The van der Waals surface area contributed by atoms with E-state index in [-0.39, 0.29) is 11.9 Å². The molecule has 2 aromatic rings. The summed E-state index contributed by atoms with van der Waals surface area (Å²) >= 11 is 5.91. The normalized spacial score (nSPS) is 12.0. The average molecular weight is 318 g/mol. The van der Waals surface area contributed by atoms with Gasteiger partial charge >= 0.3 is 0 Å². The molecule has 2 aromatic carbocycles. The Morgan fingerprint density at radius 2 is 1.95 bits per heavy atom. The molecule has 0 spiro atoms. The molecular weight excluding hydrogens is 298 g/mol. The van der Waals surface area contributed by atoms with Crippen molar-refractivity contribution in [1.82, 2.24) is 5.32 Å². The molecule has 0 saturated heterocycles. The highest BCUT2D eigenvalue weighted by atomic mass is 35.5. The van der Waals surface area contributed by atoms with Crippen molar-refractivity contribution in [2.45, 2.75) is 26.0 Å². The van der Waals surface area contributed by atoms with Gasteiger partial charge < -0.3 is 10.1 Å². The summed E-state index contributed by atoms with van der Waals surface area (Å²) in [5.41, 5.74) is 2.67. The van der Waals surface area contributed by atoms with Gasteiger partial charge in [0.25, 0.3) is 5.91 Å². The van der Waals surface area contributed by atoms with E-state index in [0.717, 1.165) is 17.5 Å². The van der Waals surface area contributed by atoms with Gasteiger partial charge in [-0.25, -0.2) is 0 Å². The number of hydrogen-bond acceptors (Lipinski definition) is 2. The van der Waals surface area contributed by atoms with Crippen LogP contribution in [0.3, 0.4) is 0 Å². The van der Waals surface area contributed by atoms with Crippen molar-refractivity contribution in [2.24, 2.45) is 0 Å². The molecular formula is C18H20ClNO2. The van der Waals surface area contributed by atoms with Crippen molar-refractivity contribution in [3.8, 4) is 0 Å². The summed E-state index contributed by atoms with van der Waals surface area (Å²) in [5, 5.41) is 3.76. The smallest absolute Gasteiger partial charge is 0.251 e. The summed E-state index contributed by atoms with van der Waals surface area (Å²) in [7, 11) is 1.64. The maximum atomic E-state index is 12.4. The van der Waals surface area contributed by atoms with Crippen LogP contribution in [0.5, 0.6) is 0 Å². The quantitative estimate of drug-likeness (QED) is 0.859. The van der Waals surface area contributed by atoms with Crippen LogP contribution in [-0.4, -0.2) is 13.0 Å². The number of nitrogens with one attached hydrogen (secondary N) is 1. The first-order chi connectivity index (χ1) is 10.6. The molecule has 22 heavy (non-hydrogen) atoms. The van der Waals surface area contributed by atoms with Crippen LogP contribution in [0.2, 0.25) is 5.02 Å². The van der Waals surface area contributed by atoms with Crippen molar-refractivity contribution in [3.05, 3.63) is 70.2 Å². The van der Waals surface area contributed by atoms with E-state index in [9.17, 15) is 4.79 Å². The van der Waals surface area contributed by atoms with Crippen LogP contribution in [0.25, 0.3) is 0 Å². The zero-order valence-corrected chi connectivity index (χ0v) is 13.6. The van der Waals surface area contributed by atoms with Crippen molar-refractivity contribution in [1.29, 1.82) is 0 Å². The van der Waals surface area contributed by atoms with Gasteiger partial charge in [0.15, 0.2) is 0 Å². The van der Waals surface area contributed by atoms with Crippen LogP contribution < -0.4 is 5.32 Å². The summed E-state index contributed by atoms with van der Waals surface area (Å²) in [4.78, 5) is 12.4. The molecule has 2 rings (SSSR count). The highest BCUT2D eigenvalue weighted by molar-refractivity contribution is 6.30. The van der Waals surface area contributed by atoms with E-state index < -0.39 is 0 Å². The maximum absolute atomic E-state index is 12.4. The number of carbonyl (C=O) groups excluding carboxylic acids is 1. The van der Waals surface area contributed by atoms with Crippen molar-refractivity contribution in [2.75, 3.05) is 7.11 Å². The predicted octanol–water partition coefficient (Wildman–Crippen LogP) is 4.37. The number of hydrogen-bond donors (Lipinski definition) is 1. The Balaban J connectivity index is 2.12. The lowest BCUT2D eigenvalue weighted by atomic mass is 10.0. The molecule has 116 valence electrons. The molecule has 0 heterocycles. The predicted molar refractivity (Wildman–Crippen MR) is 89.1 cm³/mol. The van der Waals surface area contributed by atoms with Gasteiger partial charge in [-0.05, 0) is 41.8 Å². The molecule has 0 saturated carbocycles. The molecule has 1 amide bonds. The molecule has 0 aliphatic heterocycles. The van der Waals surface area contributed by atoms with Crippen LogP contribution in [0.1, 0.15) is 40.9 Å². The number of ether oxygens (including phenoxy) is 1. The van der Waals surface area contributed by atoms with E-state index in [1.54, 1.807) is 7.11 Å². The molecule has 4 heteroatoms. The van der Waals surface area contributed by atoms with Crippen molar-refractivity contribution < 1.29 is 9.53 Å². The van der Waals surface area contributed by atoms with Crippen molar-refractivity contribution in [3.63, 3.8) is 0 Å². The van der Waals surface area contributed by atoms with Gasteiger partial charge in [0.05, 0.1) is 12.6 Å². The molecule has 0 aliphatic rings. The van der Waals surface area contributed by atoms with Crippen LogP contribution in [-0.2, 0) is 11.3 Å². The minimum atomic E-state index is -0.0836. The average Bonchev–Trinajstić information content (AvgIpc) is 2.54. The lowest BCUT2D eigenvalue weighted by molar-refractivity contribution is 0.0935. The third-order valence-corrected chi connectivity index (χ3v) is 3.74. The first kappa shape index (κ1) is 16.5. The van der Waals surface area contributed by atoms with E-state index in [1.165, 1.54) is 0 Å². The number of methoxy groups -OCH3 is 1. The molecule has 1 N–H and O–H groups in total. The number of halogens is 1. The molecule has 0 fully saturated rings. The minimum absolute atomic E-state index is 0.0316. The Bertz CT molecular complexity index is 625. The van der Waals surface area contributed by atoms with E-state index in [4.69, 9.17) is 16.3 Å². The second kappa shape index (κ2) is 7.97. The zero-order valence-electron chi connectivity index (χ0n) is 12.8.